The predicted octanol–water partition coefficient (Wildman–Crippen LogP) is 3.85. The third kappa shape index (κ3) is 8.08. The fraction of sp³-hybridized carbons (Fsp3) is 0.308. The Hall–Kier alpha value is -3.90. The molecule has 4 amide bonds. The van der Waals surface area contributed by atoms with Crippen molar-refractivity contribution in [2.24, 2.45) is 0 Å². The van der Waals surface area contributed by atoms with E-state index in [0.29, 0.717) is 13.1 Å². The quantitative estimate of drug-likeness (QED) is 0.525. The monoisotopic (exact) mass is 430 g/mol. The highest BCUT2D eigenvalue weighted by Crippen LogP contribution is 2.14. The number of hydrogen-bond acceptors (Lipinski definition) is 2. The highest BCUT2D eigenvalue weighted by atomic mass is 16.2. The maximum atomic E-state index is 11.6. The van der Waals surface area contributed by atoms with Gasteiger partial charge in [-0.1, -0.05) is 36.1 Å². The van der Waals surface area contributed by atoms with Crippen LogP contribution in [0.15, 0.2) is 48.5 Å². The molecule has 0 bridgehead atoms. The van der Waals surface area contributed by atoms with Crippen molar-refractivity contribution in [3.63, 3.8) is 0 Å². The lowest BCUT2D eigenvalue weighted by Crippen LogP contribution is -2.36. The summed E-state index contributed by atoms with van der Waals surface area (Å²) < 4.78 is 0. The fourth-order valence-corrected chi connectivity index (χ4v) is 2.90. The van der Waals surface area contributed by atoms with Crippen LogP contribution in [0.3, 0.4) is 0 Å². The Balaban J connectivity index is 1.93. The van der Waals surface area contributed by atoms with Gasteiger partial charge in [-0.2, -0.15) is 0 Å². The standard InChI is InChI=1S/C26H30N4O2/c1-5-27-25(31)29-19(3)23-15-11-21(12-16-23)9-7-8-10-22-13-17-24(18-14-22)20(4)30-26(32)28-6-2/h11-20H,5-6H2,1-4H3,(H2,27,29,31)(H2,28,30,32). The van der Waals surface area contributed by atoms with Gasteiger partial charge in [-0.25, -0.2) is 9.59 Å². The van der Waals surface area contributed by atoms with E-state index in [0.717, 1.165) is 22.3 Å². The van der Waals surface area contributed by atoms with E-state index in [1.54, 1.807) is 0 Å². The van der Waals surface area contributed by atoms with Crippen LogP contribution in [0.25, 0.3) is 0 Å². The lowest BCUT2D eigenvalue weighted by atomic mass is 10.1. The Bertz CT molecular complexity index is 936. The molecule has 2 unspecified atom stereocenters. The molecule has 0 aliphatic carbocycles. The number of carbonyl (C=O) groups is 2. The molecular formula is C26H30N4O2. The normalized spacial score (nSPS) is 11.5. The summed E-state index contributed by atoms with van der Waals surface area (Å²) >= 11 is 0. The number of amides is 4. The van der Waals surface area contributed by atoms with E-state index in [1.807, 2.05) is 76.2 Å². The predicted molar refractivity (Wildman–Crippen MR) is 128 cm³/mol. The summed E-state index contributed by atoms with van der Waals surface area (Å²) in [5.41, 5.74) is 3.72. The molecule has 6 nitrogen and oxygen atoms in total. The zero-order valence-electron chi connectivity index (χ0n) is 19.0. The van der Waals surface area contributed by atoms with E-state index >= 15 is 0 Å². The first-order valence-corrected chi connectivity index (χ1v) is 10.7. The molecule has 2 aromatic carbocycles. The maximum absolute atomic E-state index is 11.6. The number of nitrogens with one attached hydrogen (secondary N) is 4. The lowest BCUT2D eigenvalue weighted by Gasteiger charge is -2.14. The molecule has 0 saturated carbocycles. The Kier molecular flexibility index (Phi) is 9.69. The molecule has 6 heteroatoms. The van der Waals surface area contributed by atoms with Crippen LogP contribution in [-0.2, 0) is 0 Å². The first kappa shape index (κ1) is 24.4. The molecule has 2 aromatic rings. The van der Waals surface area contributed by atoms with Gasteiger partial charge in [0.2, 0.25) is 0 Å². The van der Waals surface area contributed by atoms with E-state index in [1.165, 1.54) is 0 Å². The molecule has 0 radical (unpaired) electrons. The smallest absolute Gasteiger partial charge is 0.315 e. The summed E-state index contributed by atoms with van der Waals surface area (Å²) in [5, 5.41) is 11.2. The van der Waals surface area contributed by atoms with Crippen molar-refractivity contribution in [3.8, 4) is 23.7 Å². The highest BCUT2D eigenvalue weighted by Gasteiger charge is 2.09. The van der Waals surface area contributed by atoms with E-state index in [4.69, 9.17) is 0 Å². The lowest BCUT2D eigenvalue weighted by molar-refractivity contribution is 0.237. The summed E-state index contributed by atoms with van der Waals surface area (Å²) in [5.74, 6) is 11.8. The molecule has 32 heavy (non-hydrogen) atoms. The highest BCUT2D eigenvalue weighted by molar-refractivity contribution is 5.74. The van der Waals surface area contributed by atoms with Crippen LogP contribution in [0.5, 0.6) is 0 Å². The summed E-state index contributed by atoms with van der Waals surface area (Å²) in [7, 11) is 0. The van der Waals surface area contributed by atoms with Gasteiger partial charge < -0.3 is 21.3 Å². The van der Waals surface area contributed by atoms with E-state index in [2.05, 4.69) is 44.9 Å². The first-order chi connectivity index (χ1) is 15.4. The minimum absolute atomic E-state index is 0.0923. The van der Waals surface area contributed by atoms with Crippen molar-refractivity contribution in [2.75, 3.05) is 13.1 Å². The summed E-state index contributed by atoms with van der Waals surface area (Å²) in [6.45, 7) is 8.81. The van der Waals surface area contributed by atoms with Gasteiger partial charge >= 0.3 is 12.1 Å². The zero-order valence-corrected chi connectivity index (χ0v) is 19.0. The van der Waals surface area contributed by atoms with Crippen molar-refractivity contribution < 1.29 is 9.59 Å². The minimum Gasteiger partial charge on any atom is -0.338 e. The molecule has 4 N–H and O–H groups in total. The van der Waals surface area contributed by atoms with Gasteiger partial charge in [-0.3, -0.25) is 0 Å². The molecule has 166 valence electrons. The number of hydrogen-bond donors (Lipinski definition) is 4. The second kappa shape index (κ2) is 12.7. The molecule has 0 aromatic heterocycles. The van der Waals surface area contributed by atoms with Crippen molar-refractivity contribution in [3.05, 3.63) is 70.8 Å². The number of urea groups is 2. The summed E-state index contributed by atoms with van der Waals surface area (Å²) in [6.07, 6.45) is 0. The third-order valence-electron chi connectivity index (χ3n) is 4.67. The molecule has 2 rings (SSSR count). The topological polar surface area (TPSA) is 82.3 Å². The van der Waals surface area contributed by atoms with Crippen molar-refractivity contribution >= 4 is 12.1 Å². The van der Waals surface area contributed by atoms with Gasteiger partial charge in [-0.15, -0.1) is 0 Å². The van der Waals surface area contributed by atoms with Crippen LogP contribution in [0, 0.1) is 23.7 Å². The van der Waals surface area contributed by atoms with Gasteiger partial charge in [0.05, 0.1) is 12.1 Å². The van der Waals surface area contributed by atoms with Crippen LogP contribution >= 0.6 is 0 Å². The van der Waals surface area contributed by atoms with Gasteiger partial charge in [0.1, 0.15) is 0 Å². The average molecular weight is 431 g/mol. The van der Waals surface area contributed by atoms with Crippen molar-refractivity contribution in [2.45, 2.75) is 39.8 Å². The molecule has 0 aliphatic heterocycles. The molecular weight excluding hydrogens is 400 g/mol. The SMILES string of the molecule is CCNC(=O)NC(C)c1ccc(C#CC#Cc2ccc(C(C)NC(=O)NCC)cc2)cc1. The molecule has 0 saturated heterocycles. The largest absolute Gasteiger partial charge is 0.338 e. The maximum Gasteiger partial charge on any atom is 0.315 e. The van der Waals surface area contributed by atoms with Crippen LogP contribution < -0.4 is 21.3 Å². The molecule has 0 heterocycles. The second-order valence-corrected chi connectivity index (χ2v) is 7.19. The van der Waals surface area contributed by atoms with Crippen molar-refractivity contribution in [1.29, 1.82) is 0 Å². The Labute approximate surface area is 190 Å². The van der Waals surface area contributed by atoms with E-state index in [-0.39, 0.29) is 24.1 Å². The van der Waals surface area contributed by atoms with Crippen molar-refractivity contribution in [1.82, 2.24) is 21.3 Å². The summed E-state index contributed by atoms with van der Waals surface area (Å²) in [6, 6.07) is 14.9. The minimum atomic E-state index is -0.181. The average Bonchev–Trinajstić information content (AvgIpc) is 2.77. The van der Waals surface area contributed by atoms with Crippen LogP contribution in [0.4, 0.5) is 9.59 Å². The molecule has 0 aliphatic rings. The Morgan fingerprint density at radius 1 is 0.688 bits per heavy atom. The van der Waals surface area contributed by atoms with Crippen LogP contribution in [-0.4, -0.2) is 25.2 Å². The fourth-order valence-electron chi connectivity index (χ4n) is 2.90. The van der Waals surface area contributed by atoms with Gasteiger partial charge in [0.15, 0.2) is 0 Å². The number of carbonyl (C=O) groups excluding carboxylic acids is 2. The Morgan fingerprint density at radius 2 is 1.03 bits per heavy atom. The number of rotatable bonds is 6. The second-order valence-electron chi connectivity index (χ2n) is 7.19. The van der Waals surface area contributed by atoms with E-state index in [9.17, 15) is 9.59 Å². The molecule has 0 fully saturated rings. The number of benzene rings is 2. The van der Waals surface area contributed by atoms with Gasteiger partial charge in [0.25, 0.3) is 0 Å². The van der Waals surface area contributed by atoms with E-state index < -0.39 is 0 Å². The third-order valence-corrected chi connectivity index (χ3v) is 4.67. The van der Waals surface area contributed by atoms with Crippen LogP contribution in [0.2, 0.25) is 0 Å². The molecule has 2 atom stereocenters. The molecule has 0 spiro atoms. The van der Waals surface area contributed by atoms with Gasteiger partial charge in [0, 0.05) is 24.2 Å². The summed E-state index contributed by atoms with van der Waals surface area (Å²) in [4.78, 5) is 23.2. The first-order valence-electron chi connectivity index (χ1n) is 10.7. The Morgan fingerprint density at radius 3 is 1.34 bits per heavy atom. The van der Waals surface area contributed by atoms with Gasteiger partial charge in [-0.05, 0) is 74.9 Å². The zero-order chi connectivity index (χ0) is 23.3. The van der Waals surface area contributed by atoms with Crippen LogP contribution in [0.1, 0.15) is 62.0 Å².